The Morgan fingerprint density at radius 1 is 1.53 bits per heavy atom. The van der Waals surface area contributed by atoms with Gasteiger partial charge in [0, 0.05) is 6.08 Å². The Bertz CT molecular complexity index is 565. The summed E-state index contributed by atoms with van der Waals surface area (Å²) in [4.78, 5) is 23.4. The van der Waals surface area contributed by atoms with Gasteiger partial charge in [-0.05, 0) is 32.1 Å². The molecular formula is C14H15NO4. The van der Waals surface area contributed by atoms with E-state index in [1.807, 2.05) is 13.0 Å². The molecule has 0 radical (unpaired) electrons. The molecule has 1 aliphatic heterocycles. The van der Waals surface area contributed by atoms with Gasteiger partial charge in [0.25, 0.3) is 0 Å². The van der Waals surface area contributed by atoms with Crippen molar-refractivity contribution in [3.8, 4) is 5.75 Å². The van der Waals surface area contributed by atoms with Gasteiger partial charge in [-0.2, -0.15) is 0 Å². The zero-order valence-corrected chi connectivity index (χ0v) is 10.8. The van der Waals surface area contributed by atoms with Gasteiger partial charge in [0.05, 0.1) is 12.2 Å². The van der Waals surface area contributed by atoms with Crippen molar-refractivity contribution in [2.45, 2.75) is 19.6 Å². The predicted octanol–water partition coefficient (Wildman–Crippen LogP) is 1.34. The lowest BCUT2D eigenvalue weighted by Gasteiger charge is -2.16. The lowest BCUT2D eigenvalue weighted by atomic mass is 10.0. The number of ketones is 1. The van der Waals surface area contributed by atoms with E-state index in [9.17, 15) is 9.59 Å². The molecule has 0 spiro atoms. The Labute approximate surface area is 111 Å². The molecule has 2 rings (SSSR count). The SMILES string of the molecule is CCOC(=O)/C=C/C1(N)Oc2ccc(C)cc2C1=O. The zero-order chi connectivity index (χ0) is 14.0. The summed E-state index contributed by atoms with van der Waals surface area (Å²) in [6, 6.07) is 5.23. The van der Waals surface area contributed by atoms with E-state index in [2.05, 4.69) is 0 Å². The molecule has 1 unspecified atom stereocenters. The highest BCUT2D eigenvalue weighted by Crippen LogP contribution is 2.33. The van der Waals surface area contributed by atoms with Crippen LogP contribution in [0, 0.1) is 6.92 Å². The zero-order valence-electron chi connectivity index (χ0n) is 10.8. The van der Waals surface area contributed by atoms with E-state index in [0.717, 1.165) is 11.6 Å². The molecule has 100 valence electrons. The highest BCUT2D eigenvalue weighted by Gasteiger charge is 2.42. The maximum atomic E-state index is 12.2. The summed E-state index contributed by atoms with van der Waals surface area (Å²) in [5.41, 5.74) is 5.61. The molecule has 1 aromatic rings. The van der Waals surface area contributed by atoms with Crippen LogP contribution in [-0.2, 0) is 9.53 Å². The number of Topliss-reactive ketones (excluding diaryl/α,β-unsaturated/α-hetero) is 1. The van der Waals surface area contributed by atoms with E-state index in [1.54, 1.807) is 19.1 Å². The number of esters is 1. The highest BCUT2D eigenvalue weighted by atomic mass is 16.5. The Kier molecular flexibility index (Phi) is 3.40. The summed E-state index contributed by atoms with van der Waals surface area (Å²) in [6.07, 6.45) is 2.34. The number of aryl methyl sites for hydroxylation is 1. The van der Waals surface area contributed by atoms with Crippen molar-refractivity contribution in [1.82, 2.24) is 0 Å². The van der Waals surface area contributed by atoms with Crippen LogP contribution in [0.5, 0.6) is 5.75 Å². The second kappa shape index (κ2) is 4.85. The minimum atomic E-state index is -1.64. The van der Waals surface area contributed by atoms with E-state index in [-0.39, 0.29) is 12.4 Å². The van der Waals surface area contributed by atoms with Gasteiger partial charge in [0.2, 0.25) is 11.5 Å². The lowest BCUT2D eigenvalue weighted by Crippen LogP contribution is -2.47. The first-order valence-corrected chi connectivity index (χ1v) is 5.95. The minimum absolute atomic E-state index is 0.259. The Hall–Kier alpha value is -2.14. The molecule has 5 nitrogen and oxygen atoms in total. The maximum absolute atomic E-state index is 12.2. The first-order valence-electron chi connectivity index (χ1n) is 5.95. The molecule has 0 amide bonds. The van der Waals surface area contributed by atoms with Crippen LogP contribution in [0.1, 0.15) is 22.8 Å². The van der Waals surface area contributed by atoms with Crippen LogP contribution in [0.2, 0.25) is 0 Å². The van der Waals surface area contributed by atoms with Gasteiger partial charge in [-0.1, -0.05) is 11.6 Å². The Balaban J connectivity index is 2.24. The number of carbonyl (C=O) groups excluding carboxylic acids is 2. The number of nitrogens with two attached hydrogens (primary N) is 1. The van der Waals surface area contributed by atoms with Gasteiger partial charge in [-0.15, -0.1) is 0 Å². The van der Waals surface area contributed by atoms with Gasteiger partial charge < -0.3 is 9.47 Å². The van der Waals surface area contributed by atoms with Crippen molar-refractivity contribution < 1.29 is 19.1 Å². The van der Waals surface area contributed by atoms with Gasteiger partial charge in [0.15, 0.2) is 0 Å². The summed E-state index contributed by atoms with van der Waals surface area (Å²) >= 11 is 0. The molecule has 1 aliphatic rings. The average molecular weight is 261 g/mol. The minimum Gasteiger partial charge on any atom is -0.463 e. The fraction of sp³-hybridized carbons (Fsp3) is 0.286. The molecule has 0 aromatic heterocycles. The summed E-state index contributed by atoms with van der Waals surface area (Å²) in [7, 11) is 0. The van der Waals surface area contributed by atoms with Crippen LogP contribution < -0.4 is 10.5 Å². The standard InChI is InChI=1S/C14H15NO4/c1-3-18-12(16)6-7-14(15)13(17)10-8-9(2)4-5-11(10)19-14/h4-8H,3,15H2,1-2H3/b7-6+. The Morgan fingerprint density at radius 2 is 2.26 bits per heavy atom. The van der Waals surface area contributed by atoms with Crippen LogP contribution in [0.4, 0.5) is 0 Å². The van der Waals surface area contributed by atoms with Crippen molar-refractivity contribution in [2.75, 3.05) is 6.61 Å². The fourth-order valence-corrected chi connectivity index (χ4v) is 1.84. The highest BCUT2D eigenvalue weighted by molar-refractivity contribution is 6.08. The summed E-state index contributed by atoms with van der Waals surface area (Å²) in [5.74, 6) is -0.505. The summed E-state index contributed by atoms with van der Waals surface area (Å²) < 4.78 is 10.2. The monoisotopic (exact) mass is 261 g/mol. The van der Waals surface area contributed by atoms with Crippen LogP contribution in [0.3, 0.4) is 0 Å². The molecular weight excluding hydrogens is 246 g/mol. The molecule has 0 fully saturated rings. The molecule has 2 N–H and O–H groups in total. The number of carbonyl (C=O) groups is 2. The van der Waals surface area contributed by atoms with E-state index >= 15 is 0 Å². The predicted molar refractivity (Wildman–Crippen MR) is 68.8 cm³/mol. The van der Waals surface area contributed by atoms with E-state index in [4.69, 9.17) is 15.2 Å². The number of hydrogen-bond donors (Lipinski definition) is 1. The first-order chi connectivity index (χ1) is 8.96. The number of rotatable bonds is 3. The second-order valence-electron chi connectivity index (χ2n) is 4.31. The van der Waals surface area contributed by atoms with Crippen molar-refractivity contribution in [3.63, 3.8) is 0 Å². The molecule has 0 saturated heterocycles. The first kappa shape index (κ1) is 13.3. The normalized spacial score (nSPS) is 21.3. The van der Waals surface area contributed by atoms with E-state index in [1.165, 1.54) is 6.08 Å². The van der Waals surface area contributed by atoms with Gasteiger partial charge >= 0.3 is 5.97 Å². The quantitative estimate of drug-likeness (QED) is 0.656. The fourth-order valence-electron chi connectivity index (χ4n) is 1.84. The van der Waals surface area contributed by atoms with Crippen LogP contribution in [0.15, 0.2) is 30.4 Å². The molecule has 0 saturated carbocycles. The third-order valence-corrected chi connectivity index (χ3v) is 2.77. The Morgan fingerprint density at radius 3 is 2.95 bits per heavy atom. The van der Waals surface area contributed by atoms with E-state index < -0.39 is 11.7 Å². The molecule has 1 atom stereocenters. The second-order valence-corrected chi connectivity index (χ2v) is 4.31. The molecule has 19 heavy (non-hydrogen) atoms. The van der Waals surface area contributed by atoms with Crippen LogP contribution in [-0.4, -0.2) is 24.1 Å². The lowest BCUT2D eigenvalue weighted by molar-refractivity contribution is -0.137. The largest absolute Gasteiger partial charge is 0.463 e. The molecule has 1 aromatic carbocycles. The van der Waals surface area contributed by atoms with Crippen LogP contribution >= 0.6 is 0 Å². The topological polar surface area (TPSA) is 78.6 Å². The number of ether oxygens (including phenoxy) is 2. The van der Waals surface area contributed by atoms with Gasteiger partial charge in [-0.3, -0.25) is 10.5 Å². The average Bonchev–Trinajstić information content (AvgIpc) is 2.61. The third-order valence-electron chi connectivity index (χ3n) is 2.77. The number of hydrogen-bond acceptors (Lipinski definition) is 5. The maximum Gasteiger partial charge on any atom is 0.330 e. The van der Waals surface area contributed by atoms with Crippen molar-refractivity contribution in [1.29, 1.82) is 0 Å². The molecule has 5 heteroatoms. The van der Waals surface area contributed by atoms with E-state index in [0.29, 0.717) is 11.3 Å². The van der Waals surface area contributed by atoms with Crippen molar-refractivity contribution in [3.05, 3.63) is 41.5 Å². The molecule has 0 aliphatic carbocycles. The molecule has 1 heterocycles. The van der Waals surface area contributed by atoms with Crippen molar-refractivity contribution >= 4 is 11.8 Å². The summed E-state index contributed by atoms with van der Waals surface area (Å²) in [6.45, 7) is 3.83. The smallest absolute Gasteiger partial charge is 0.330 e. The van der Waals surface area contributed by atoms with Gasteiger partial charge in [0.1, 0.15) is 5.75 Å². The van der Waals surface area contributed by atoms with Crippen LogP contribution in [0.25, 0.3) is 0 Å². The van der Waals surface area contributed by atoms with Crippen molar-refractivity contribution in [2.24, 2.45) is 5.73 Å². The third kappa shape index (κ3) is 2.51. The number of fused-ring (bicyclic) bond motifs is 1. The van der Waals surface area contributed by atoms with Gasteiger partial charge in [-0.25, -0.2) is 4.79 Å². The summed E-state index contributed by atoms with van der Waals surface area (Å²) in [5, 5.41) is 0. The number of benzene rings is 1. The molecule has 0 bridgehead atoms.